The number of carbonyl (C=O) groups excluding carboxylic acids is 4. The van der Waals surface area contributed by atoms with Crippen LogP contribution < -0.4 is 32.7 Å². The van der Waals surface area contributed by atoms with Crippen LogP contribution in [0.5, 0.6) is 0 Å². The van der Waals surface area contributed by atoms with Gasteiger partial charge in [-0.2, -0.15) is 0 Å². The zero-order valence-electron chi connectivity index (χ0n) is 19.6. The molecule has 4 unspecified atom stereocenters. The van der Waals surface area contributed by atoms with Gasteiger partial charge in [-0.25, -0.2) is 4.79 Å². The molecule has 4 amide bonds. The van der Waals surface area contributed by atoms with E-state index < -0.39 is 60.2 Å². The highest BCUT2D eigenvalue weighted by Gasteiger charge is 2.31. The van der Waals surface area contributed by atoms with E-state index in [4.69, 9.17) is 16.6 Å². The highest BCUT2D eigenvalue weighted by Crippen LogP contribution is 2.09. The molecular formula is C21H36N6O8. The predicted molar refractivity (Wildman–Crippen MR) is 123 cm³/mol. The van der Waals surface area contributed by atoms with E-state index >= 15 is 0 Å². The number of nitrogens with one attached hydrogen (secondary N) is 4. The summed E-state index contributed by atoms with van der Waals surface area (Å²) >= 11 is 0. The Bertz CT molecular complexity index is 771. The summed E-state index contributed by atoms with van der Waals surface area (Å²) in [5.41, 5.74) is 10.5. The van der Waals surface area contributed by atoms with Gasteiger partial charge in [0.25, 0.3) is 0 Å². The maximum Gasteiger partial charge on any atom is 0.326 e. The number of carboxylic acids is 2. The van der Waals surface area contributed by atoms with Crippen molar-refractivity contribution in [1.82, 2.24) is 21.3 Å². The zero-order chi connectivity index (χ0) is 26.4. The molecule has 0 spiro atoms. The minimum Gasteiger partial charge on any atom is -0.481 e. The first kappa shape index (κ1) is 29.8. The summed E-state index contributed by atoms with van der Waals surface area (Å²) in [6, 6.07) is -4.28. The summed E-state index contributed by atoms with van der Waals surface area (Å²) in [6.07, 6.45) is 1.43. The quantitative estimate of drug-likeness (QED) is 0.0978. The van der Waals surface area contributed by atoms with Gasteiger partial charge in [-0.15, -0.1) is 0 Å². The molecule has 1 heterocycles. The van der Waals surface area contributed by atoms with Crippen LogP contribution >= 0.6 is 0 Å². The monoisotopic (exact) mass is 500 g/mol. The highest BCUT2D eigenvalue weighted by molar-refractivity contribution is 5.94. The van der Waals surface area contributed by atoms with E-state index in [1.165, 1.54) is 0 Å². The number of unbranched alkanes of at least 4 members (excludes halogenated alkanes) is 1. The predicted octanol–water partition coefficient (Wildman–Crippen LogP) is -2.46. The first-order valence-electron chi connectivity index (χ1n) is 11.6. The molecule has 4 atom stereocenters. The maximum absolute atomic E-state index is 13.0. The molecule has 0 saturated carbocycles. The number of amides is 4. The number of carboxylic acid groups (broad SMARTS) is 2. The van der Waals surface area contributed by atoms with Crippen LogP contribution in [0.1, 0.15) is 57.8 Å². The fourth-order valence-corrected chi connectivity index (χ4v) is 3.57. The molecule has 0 bridgehead atoms. The lowest BCUT2D eigenvalue weighted by Crippen LogP contribution is -2.57. The molecule has 35 heavy (non-hydrogen) atoms. The number of primary amides is 1. The Balaban J connectivity index is 2.94. The molecule has 0 aromatic heterocycles. The fraction of sp³-hybridized carbons (Fsp3) is 0.714. The van der Waals surface area contributed by atoms with Crippen LogP contribution in [0.3, 0.4) is 0 Å². The van der Waals surface area contributed by atoms with Gasteiger partial charge in [0.05, 0.1) is 6.04 Å². The molecule has 1 aliphatic heterocycles. The first-order valence-corrected chi connectivity index (χ1v) is 11.6. The molecule has 1 aliphatic rings. The maximum atomic E-state index is 13.0. The molecule has 0 aromatic carbocycles. The van der Waals surface area contributed by atoms with Crippen molar-refractivity contribution >= 4 is 35.6 Å². The molecule has 0 radical (unpaired) electrons. The molecule has 1 fully saturated rings. The third-order valence-corrected chi connectivity index (χ3v) is 5.53. The Morgan fingerprint density at radius 2 is 1.46 bits per heavy atom. The molecule has 1 saturated heterocycles. The SMILES string of the molecule is NCCCCC(NC(=O)C1CCCN1)C(=O)NC(CCC(=O)O)C(=O)NC(CCC(N)=O)C(=O)O. The second-order valence-corrected chi connectivity index (χ2v) is 8.39. The largest absolute Gasteiger partial charge is 0.481 e. The summed E-state index contributed by atoms with van der Waals surface area (Å²) < 4.78 is 0. The Morgan fingerprint density at radius 3 is 1.97 bits per heavy atom. The zero-order valence-corrected chi connectivity index (χ0v) is 19.6. The molecule has 14 heteroatoms. The van der Waals surface area contributed by atoms with Crippen LogP contribution in [0.4, 0.5) is 0 Å². The van der Waals surface area contributed by atoms with E-state index in [0.29, 0.717) is 32.4 Å². The third kappa shape index (κ3) is 11.6. The normalized spacial score (nSPS) is 17.6. The molecule has 0 aliphatic carbocycles. The van der Waals surface area contributed by atoms with Crippen LogP contribution in [0.2, 0.25) is 0 Å². The molecule has 1 rings (SSSR count). The van der Waals surface area contributed by atoms with E-state index in [0.717, 1.165) is 6.42 Å². The van der Waals surface area contributed by atoms with E-state index in [9.17, 15) is 33.9 Å². The smallest absolute Gasteiger partial charge is 0.326 e. The Kier molecular flexibility index (Phi) is 13.3. The minimum absolute atomic E-state index is 0.241. The van der Waals surface area contributed by atoms with Crippen molar-refractivity contribution in [3.8, 4) is 0 Å². The summed E-state index contributed by atoms with van der Waals surface area (Å²) in [7, 11) is 0. The fourth-order valence-electron chi connectivity index (χ4n) is 3.57. The van der Waals surface area contributed by atoms with Gasteiger partial charge in [-0.1, -0.05) is 0 Å². The minimum atomic E-state index is -1.47. The summed E-state index contributed by atoms with van der Waals surface area (Å²) in [4.78, 5) is 71.8. The lowest BCUT2D eigenvalue weighted by molar-refractivity contribution is -0.143. The third-order valence-electron chi connectivity index (χ3n) is 5.53. The molecule has 14 nitrogen and oxygen atoms in total. The van der Waals surface area contributed by atoms with E-state index in [-0.39, 0.29) is 31.6 Å². The van der Waals surface area contributed by atoms with Gasteiger partial charge in [0.1, 0.15) is 18.1 Å². The first-order chi connectivity index (χ1) is 16.5. The van der Waals surface area contributed by atoms with Gasteiger partial charge in [-0.3, -0.25) is 24.0 Å². The molecule has 198 valence electrons. The second kappa shape index (κ2) is 15.6. The summed E-state index contributed by atoms with van der Waals surface area (Å²) in [5.74, 6) is -5.39. The van der Waals surface area contributed by atoms with Crippen molar-refractivity contribution in [1.29, 1.82) is 0 Å². The Morgan fingerprint density at radius 1 is 0.857 bits per heavy atom. The number of aliphatic carboxylic acids is 2. The Labute approximate surface area is 202 Å². The number of nitrogens with two attached hydrogens (primary N) is 2. The number of hydrogen-bond acceptors (Lipinski definition) is 8. The topological polar surface area (TPSA) is 243 Å². The van der Waals surface area contributed by atoms with Crippen molar-refractivity contribution in [2.45, 2.75) is 82.0 Å². The molecule has 0 aromatic rings. The lowest BCUT2D eigenvalue weighted by Gasteiger charge is -2.25. The van der Waals surface area contributed by atoms with Gasteiger partial charge in [0.15, 0.2) is 0 Å². The van der Waals surface area contributed by atoms with Crippen molar-refractivity contribution in [3.63, 3.8) is 0 Å². The molecule has 10 N–H and O–H groups in total. The van der Waals surface area contributed by atoms with Crippen molar-refractivity contribution in [2.24, 2.45) is 11.5 Å². The van der Waals surface area contributed by atoms with Gasteiger partial charge in [0.2, 0.25) is 23.6 Å². The average molecular weight is 501 g/mol. The average Bonchev–Trinajstić information content (AvgIpc) is 3.33. The van der Waals surface area contributed by atoms with Gasteiger partial charge < -0.3 is 42.9 Å². The van der Waals surface area contributed by atoms with Gasteiger partial charge >= 0.3 is 11.9 Å². The number of hydrogen-bond donors (Lipinski definition) is 8. The van der Waals surface area contributed by atoms with Crippen LogP contribution in [-0.2, 0) is 28.8 Å². The standard InChI is InChI=1S/C21H36N6O8/c22-10-2-1-4-13(25-18(31)12-5-3-11-24-12)19(32)26-14(7-9-17(29)30)20(33)27-15(21(34)35)6-8-16(23)28/h12-15,24H,1-11,22H2,(H2,23,28)(H,25,31)(H,26,32)(H,27,33)(H,29,30)(H,34,35). The molecular weight excluding hydrogens is 464 g/mol. The van der Waals surface area contributed by atoms with Crippen LogP contribution in [0.25, 0.3) is 0 Å². The van der Waals surface area contributed by atoms with E-state index in [1.54, 1.807) is 0 Å². The number of rotatable bonds is 17. The summed E-state index contributed by atoms with van der Waals surface area (Å²) in [5, 5.41) is 28.7. The highest BCUT2D eigenvalue weighted by atomic mass is 16.4. The lowest BCUT2D eigenvalue weighted by atomic mass is 10.0. The van der Waals surface area contributed by atoms with Gasteiger partial charge in [0, 0.05) is 12.8 Å². The van der Waals surface area contributed by atoms with Crippen molar-refractivity contribution in [2.75, 3.05) is 13.1 Å². The Hall–Kier alpha value is -3.26. The second-order valence-electron chi connectivity index (χ2n) is 8.39. The number of carbonyl (C=O) groups is 6. The summed E-state index contributed by atoms with van der Waals surface area (Å²) in [6.45, 7) is 1.07. The van der Waals surface area contributed by atoms with Crippen molar-refractivity contribution in [3.05, 3.63) is 0 Å². The van der Waals surface area contributed by atoms with Crippen molar-refractivity contribution < 1.29 is 39.0 Å². The van der Waals surface area contributed by atoms with Crippen LogP contribution in [0, 0.1) is 0 Å². The van der Waals surface area contributed by atoms with Crippen LogP contribution in [0.15, 0.2) is 0 Å². The van der Waals surface area contributed by atoms with Crippen LogP contribution in [-0.4, -0.2) is 83.0 Å². The van der Waals surface area contributed by atoms with E-state index in [2.05, 4.69) is 21.3 Å². The van der Waals surface area contributed by atoms with E-state index in [1.807, 2.05) is 0 Å². The van der Waals surface area contributed by atoms with Gasteiger partial charge in [-0.05, 0) is 58.0 Å².